The highest BCUT2D eigenvalue weighted by Gasteiger charge is 2.30. The summed E-state index contributed by atoms with van der Waals surface area (Å²) in [5.41, 5.74) is 7.12. The molecule has 0 saturated heterocycles. The maximum atomic E-state index is 13.9. The Kier molecular flexibility index (Phi) is 8.20. The molecule has 0 aromatic heterocycles. The number of nitrogens with one attached hydrogen (secondary N) is 1. The fourth-order valence-corrected chi connectivity index (χ4v) is 2.94. The Labute approximate surface area is 172 Å². The summed E-state index contributed by atoms with van der Waals surface area (Å²) in [6, 6.07) is 9.69. The van der Waals surface area contributed by atoms with E-state index < -0.39 is 30.0 Å². The highest BCUT2D eigenvalue weighted by Crippen LogP contribution is 2.29. The second-order valence-electron chi connectivity index (χ2n) is 7.17. The Hall–Kier alpha value is -2.64. The SMILES string of the molecule is CCCCC(F)C(F)C(=O)Nc1ccc(CCc2ccc(C(F)(F)F)cc2)cc1N. The summed E-state index contributed by atoms with van der Waals surface area (Å²) in [7, 11) is 0. The molecule has 0 aliphatic heterocycles. The number of carbonyl (C=O) groups is 1. The van der Waals surface area contributed by atoms with Gasteiger partial charge in [-0.3, -0.25) is 4.79 Å². The van der Waals surface area contributed by atoms with Crippen molar-refractivity contribution in [2.24, 2.45) is 0 Å². The molecule has 0 fully saturated rings. The molecule has 0 spiro atoms. The largest absolute Gasteiger partial charge is 0.416 e. The van der Waals surface area contributed by atoms with Gasteiger partial charge in [0.15, 0.2) is 0 Å². The number of aryl methyl sites for hydroxylation is 2. The summed E-state index contributed by atoms with van der Waals surface area (Å²) < 4.78 is 65.5. The lowest BCUT2D eigenvalue weighted by Gasteiger charge is -2.15. The van der Waals surface area contributed by atoms with Crippen LogP contribution in [-0.2, 0) is 23.8 Å². The number of halogens is 5. The molecule has 0 heterocycles. The molecule has 8 heteroatoms. The van der Waals surface area contributed by atoms with Crippen molar-refractivity contribution in [3.05, 3.63) is 59.2 Å². The van der Waals surface area contributed by atoms with Crippen molar-refractivity contribution in [2.75, 3.05) is 11.1 Å². The number of nitrogen functional groups attached to an aromatic ring is 1. The van der Waals surface area contributed by atoms with Crippen molar-refractivity contribution in [3.63, 3.8) is 0 Å². The number of anilines is 2. The van der Waals surface area contributed by atoms with E-state index >= 15 is 0 Å². The van der Waals surface area contributed by atoms with Gasteiger partial charge in [0.1, 0.15) is 6.17 Å². The van der Waals surface area contributed by atoms with Crippen LogP contribution in [0.2, 0.25) is 0 Å². The first-order valence-corrected chi connectivity index (χ1v) is 9.75. The van der Waals surface area contributed by atoms with Crippen LogP contribution in [0.4, 0.5) is 33.3 Å². The molecule has 2 rings (SSSR count). The Balaban J connectivity index is 1.94. The number of nitrogens with two attached hydrogens (primary N) is 1. The average Bonchev–Trinajstić information content (AvgIpc) is 2.71. The smallest absolute Gasteiger partial charge is 0.397 e. The number of benzene rings is 2. The third-order valence-corrected chi connectivity index (χ3v) is 4.76. The van der Waals surface area contributed by atoms with Gasteiger partial charge >= 0.3 is 6.18 Å². The molecule has 164 valence electrons. The Bertz CT molecular complexity index is 836. The van der Waals surface area contributed by atoms with E-state index in [1.54, 1.807) is 12.1 Å². The molecule has 2 atom stereocenters. The molecular formula is C22H25F5N2O. The summed E-state index contributed by atoms with van der Waals surface area (Å²) in [6.45, 7) is 1.85. The van der Waals surface area contributed by atoms with Gasteiger partial charge in [-0.2, -0.15) is 13.2 Å². The number of hydrogen-bond donors (Lipinski definition) is 2. The van der Waals surface area contributed by atoms with Crippen LogP contribution < -0.4 is 11.1 Å². The van der Waals surface area contributed by atoms with Crippen LogP contribution in [0.1, 0.15) is 42.9 Å². The van der Waals surface area contributed by atoms with Crippen molar-refractivity contribution in [3.8, 4) is 0 Å². The zero-order valence-corrected chi connectivity index (χ0v) is 16.6. The molecule has 30 heavy (non-hydrogen) atoms. The van der Waals surface area contributed by atoms with Crippen molar-refractivity contribution in [1.29, 1.82) is 0 Å². The van der Waals surface area contributed by atoms with E-state index in [1.165, 1.54) is 18.2 Å². The monoisotopic (exact) mass is 428 g/mol. The third kappa shape index (κ3) is 6.71. The summed E-state index contributed by atoms with van der Waals surface area (Å²) in [4.78, 5) is 11.9. The van der Waals surface area contributed by atoms with Gasteiger partial charge in [0.25, 0.3) is 5.91 Å². The predicted molar refractivity (Wildman–Crippen MR) is 108 cm³/mol. The molecule has 2 aromatic rings. The van der Waals surface area contributed by atoms with Gasteiger partial charge in [-0.05, 0) is 54.7 Å². The second-order valence-corrected chi connectivity index (χ2v) is 7.17. The fraction of sp³-hybridized carbons (Fsp3) is 0.409. The zero-order valence-electron chi connectivity index (χ0n) is 16.6. The van der Waals surface area contributed by atoms with Crippen molar-refractivity contribution >= 4 is 17.3 Å². The Morgan fingerprint density at radius 3 is 2.20 bits per heavy atom. The van der Waals surface area contributed by atoms with Gasteiger partial charge in [-0.15, -0.1) is 0 Å². The number of alkyl halides is 5. The van der Waals surface area contributed by atoms with E-state index in [0.717, 1.165) is 23.3 Å². The van der Waals surface area contributed by atoms with Crippen LogP contribution in [0, 0.1) is 0 Å². The standard InChI is InChI=1S/C22H25F5N2O/c1-2-3-4-17(23)20(24)21(30)29-19-12-9-15(13-18(19)28)6-5-14-7-10-16(11-8-14)22(25,26)27/h7-13,17,20H,2-6,28H2,1H3,(H,29,30). The van der Waals surface area contributed by atoms with Gasteiger partial charge in [0.2, 0.25) is 6.17 Å². The van der Waals surface area contributed by atoms with Gasteiger partial charge in [-0.1, -0.05) is 38.0 Å². The van der Waals surface area contributed by atoms with Crippen LogP contribution in [-0.4, -0.2) is 18.3 Å². The summed E-state index contributed by atoms with van der Waals surface area (Å²) in [5, 5.41) is 2.30. The minimum atomic E-state index is -4.37. The molecule has 0 saturated carbocycles. The lowest BCUT2D eigenvalue weighted by Crippen LogP contribution is -2.32. The van der Waals surface area contributed by atoms with E-state index in [0.29, 0.717) is 25.7 Å². The molecule has 0 radical (unpaired) electrons. The summed E-state index contributed by atoms with van der Waals surface area (Å²) in [6.07, 6.45) is -6.33. The maximum Gasteiger partial charge on any atom is 0.416 e. The molecular weight excluding hydrogens is 403 g/mol. The van der Waals surface area contributed by atoms with Gasteiger partial charge in [0, 0.05) is 0 Å². The zero-order chi connectivity index (χ0) is 22.3. The quantitative estimate of drug-likeness (QED) is 0.387. The topological polar surface area (TPSA) is 55.1 Å². The normalized spacial score (nSPS) is 13.7. The molecule has 3 N–H and O–H groups in total. The van der Waals surface area contributed by atoms with E-state index in [2.05, 4.69) is 5.32 Å². The lowest BCUT2D eigenvalue weighted by atomic mass is 10.0. The highest BCUT2D eigenvalue weighted by atomic mass is 19.4. The van der Waals surface area contributed by atoms with Crippen molar-refractivity contribution in [2.45, 2.75) is 57.5 Å². The van der Waals surface area contributed by atoms with Gasteiger partial charge < -0.3 is 11.1 Å². The highest BCUT2D eigenvalue weighted by molar-refractivity contribution is 5.97. The van der Waals surface area contributed by atoms with E-state index in [1.807, 2.05) is 6.92 Å². The van der Waals surface area contributed by atoms with Crippen LogP contribution in [0.3, 0.4) is 0 Å². The number of amides is 1. The van der Waals surface area contributed by atoms with E-state index in [4.69, 9.17) is 5.73 Å². The first-order valence-electron chi connectivity index (χ1n) is 9.75. The molecule has 0 bridgehead atoms. The van der Waals surface area contributed by atoms with E-state index in [9.17, 15) is 26.7 Å². The van der Waals surface area contributed by atoms with Crippen LogP contribution in [0.15, 0.2) is 42.5 Å². The van der Waals surface area contributed by atoms with E-state index in [-0.39, 0.29) is 17.8 Å². The lowest BCUT2D eigenvalue weighted by molar-refractivity contribution is -0.137. The van der Waals surface area contributed by atoms with Gasteiger partial charge in [-0.25, -0.2) is 8.78 Å². The molecule has 2 aromatic carbocycles. The van der Waals surface area contributed by atoms with Gasteiger partial charge in [0.05, 0.1) is 16.9 Å². The summed E-state index contributed by atoms with van der Waals surface area (Å²) in [5.74, 6) is -1.08. The van der Waals surface area contributed by atoms with Crippen LogP contribution >= 0.6 is 0 Å². The maximum absolute atomic E-state index is 13.9. The third-order valence-electron chi connectivity index (χ3n) is 4.76. The molecule has 0 aliphatic rings. The molecule has 1 amide bonds. The van der Waals surface area contributed by atoms with Crippen LogP contribution in [0.5, 0.6) is 0 Å². The van der Waals surface area contributed by atoms with Crippen LogP contribution in [0.25, 0.3) is 0 Å². The first kappa shape index (κ1) is 23.6. The Morgan fingerprint density at radius 1 is 1.03 bits per heavy atom. The molecule has 3 nitrogen and oxygen atoms in total. The minimum absolute atomic E-state index is 0.0243. The predicted octanol–water partition coefficient (Wildman–Crippen LogP) is 5.88. The summed E-state index contributed by atoms with van der Waals surface area (Å²) >= 11 is 0. The first-order chi connectivity index (χ1) is 14.1. The Morgan fingerprint density at radius 2 is 1.63 bits per heavy atom. The number of carbonyl (C=O) groups excluding carboxylic acids is 1. The molecule has 2 unspecified atom stereocenters. The minimum Gasteiger partial charge on any atom is -0.397 e. The number of hydrogen-bond acceptors (Lipinski definition) is 2. The van der Waals surface area contributed by atoms with Crippen molar-refractivity contribution < 1.29 is 26.7 Å². The number of rotatable bonds is 9. The fourth-order valence-electron chi connectivity index (χ4n) is 2.94. The number of unbranched alkanes of at least 4 members (excludes halogenated alkanes) is 1. The average molecular weight is 428 g/mol. The van der Waals surface area contributed by atoms with Crippen molar-refractivity contribution in [1.82, 2.24) is 0 Å². The molecule has 0 aliphatic carbocycles. The second kappa shape index (κ2) is 10.4.